The molecule has 0 atom stereocenters. The average Bonchev–Trinajstić information content (AvgIpc) is 3.35. The second-order valence-electron chi connectivity index (χ2n) is 8.38. The van der Waals surface area contributed by atoms with Gasteiger partial charge in [-0.2, -0.15) is 0 Å². The molecular weight excluding hydrogens is 818 g/mol. The third kappa shape index (κ3) is 165. The number of benzene rings is 3. The van der Waals surface area contributed by atoms with Crippen molar-refractivity contribution in [2.24, 2.45) is 0 Å². The van der Waals surface area contributed by atoms with Crippen molar-refractivity contribution in [2.45, 2.75) is 138 Å². The Morgan fingerprint density at radius 2 is 0.468 bits per heavy atom. The van der Waals surface area contributed by atoms with Gasteiger partial charge in [0.1, 0.15) is 0 Å². The number of hydrogen-bond acceptors (Lipinski definition) is 7. The van der Waals surface area contributed by atoms with Gasteiger partial charge in [0.15, 0.2) is 0 Å². The average molecular weight is 925 g/mol. The van der Waals surface area contributed by atoms with Gasteiger partial charge in [0.25, 0.3) is 0 Å². The summed E-state index contributed by atoms with van der Waals surface area (Å²) in [5, 5.41) is 14.6. The summed E-state index contributed by atoms with van der Waals surface area (Å²) in [5.74, 6) is 0.0926. The second kappa shape index (κ2) is 131. The molecule has 3 aromatic carbocycles. The van der Waals surface area contributed by atoms with E-state index in [2.05, 4.69) is 9.47 Å². The van der Waals surface area contributed by atoms with E-state index in [9.17, 15) is 14.4 Å². The first-order valence-electron chi connectivity index (χ1n) is 22.3. The van der Waals surface area contributed by atoms with Gasteiger partial charge in [-0.25, -0.2) is 9.59 Å². The Bertz CT molecular complexity index is 780. The van der Waals surface area contributed by atoms with Crippen LogP contribution in [0.4, 0.5) is 9.59 Å². The number of amides is 3. The van der Waals surface area contributed by atoms with Crippen LogP contribution in [0.25, 0.3) is 0 Å². The number of nitrogens with zero attached hydrogens (tertiary/aromatic N) is 3. The van der Waals surface area contributed by atoms with Crippen LogP contribution in [0.1, 0.15) is 138 Å². The van der Waals surface area contributed by atoms with Crippen LogP contribution in [0.3, 0.4) is 0 Å². The molecule has 0 aliphatic heterocycles. The molecule has 0 saturated heterocycles. The van der Waals surface area contributed by atoms with Gasteiger partial charge >= 0.3 is 12.2 Å². The molecule has 3 amide bonds. The van der Waals surface area contributed by atoms with Crippen LogP contribution in [0.2, 0.25) is 0 Å². The van der Waals surface area contributed by atoms with Crippen molar-refractivity contribution in [3.8, 4) is 0 Å². The van der Waals surface area contributed by atoms with Crippen LogP contribution in [0, 0.1) is 0 Å². The third-order valence-electron chi connectivity index (χ3n) is 3.90. The van der Waals surface area contributed by atoms with E-state index in [1.165, 1.54) is 21.6 Å². The summed E-state index contributed by atoms with van der Waals surface area (Å²) in [6, 6.07) is 36.0. The van der Waals surface area contributed by atoms with Gasteiger partial charge in [0, 0.05) is 81.5 Å². The van der Waals surface area contributed by atoms with Crippen LogP contribution in [0.15, 0.2) is 109 Å². The summed E-state index contributed by atoms with van der Waals surface area (Å²) in [7, 11) is 11.1. The summed E-state index contributed by atoms with van der Waals surface area (Å²) < 4.78 is 9.18. The van der Waals surface area contributed by atoms with E-state index < -0.39 is 0 Å². The quantitative estimate of drug-likeness (QED) is 0.263. The van der Waals surface area contributed by atoms with Crippen LogP contribution in [-0.2, 0) is 32.8 Å². The zero-order valence-corrected chi connectivity index (χ0v) is 47.1. The molecule has 0 aliphatic carbocycles. The smallest absolute Gasteiger partial charge is 0.409 e. The molecule has 3 rings (SSSR count). The SMILES string of the molecule is CC.CC.CC.CC.CC.CC.CC.CC.CC(=O)N(C)C.CCO.CCOC(=O)N(C)C.CCOC(=O)N(C)C.CO.[V].c1ccccc1.c1ccccc1.c1ccccc1. The maximum absolute atomic E-state index is 10.4. The maximum Gasteiger partial charge on any atom is 0.409 e. The predicted octanol–water partition coefficient (Wildman–Crippen LogP) is 14.4. The molecule has 1 radical (unpaired) electrons. The molecule has 0 unspecified atom stereocenters. The fourth-order valence-electron chi connectivity index (χ4n) is 1.66. The van der Waals surface area contributed by atoms with Crippen molar-refractivity contribution in [2.75, 3.05) is 69.2 Å². The Morgan fingerprint density at radius 3 is 0.500 bits per heavy atom. The van der Waals surface area contributed by atoms with Gasteiger partial charge in [-0.1, -0.05) is 220 Å². The first-order chi connectivity index (χ1) is 29.4. The normalized spacial score (nSPS) is 6.40. The second-order valence-corrected chi connectivity index (χ2v) is 8.38. The number of aliphatic hydroxyl groups excluding tert-OH is 2. The van der Waals surface area contributed by atoms with Gasteiger partial charge in [0.2, 0.25) is 5.91 Å². The van der Waals surface area contributed by atoms with Crippen molar-refractivity contribution in [3.05, 3.63) is 109 Å². The molecule has 0 saturated carbocycles. The van der Waals surface area contributed by atoms with E-state index in [1.54, 1.807) is 63.1 Å². The number of carbonyl (C=O) groups is 3. The fourth-order valence-corrected chi connectivity index (χ4v) is 1.66. The van der Waals surface area contributed by atoms with Crippen LogP contribution < -0.4 is 0 Å². The third-order valence-corrected chi connectivity index (χ3v) is 3.90. The zero-order valence-electron chi connectivity index (χ0n) is 45.7. The van der Waals surface area contributed by atoms with Gasteiger partial charge in [-0.05, 0) is 20.8 Å². The van der Waals surface area contributed by atoms with E-state index >= 15 is 0 Å². The summed E-state index contributed by atoms with van der Waals surface area (Å²) in [6.07, 6.45) is -0.569. The summed E-state index contributed by atoms with van der Waals surface area (Å²) >= 11 is 0. The van der Waals surface area contributed by atoms with E-state index in [-0.39, 0.29) is 43.3 Å². The first kappa shape index (κ1) is 97.5. The topological polar surface area (TPSA) is 120 Å². The largest absolute Gasteiger partial charge is 0.450 e. The molecule has 0 aromatic heterocycles. The fraction of sp³-hybridized carbons (Fsp3) is 0.588. The molecule has 10 nitrogen and oxygen atoms in total. The molecule has 2 N–H and O–H groups in total. The molecule has 0 aliphatic rings. The van der Waals surface area contributed by atoms with Gasteiger partial charge < -0.3 is 34.4 Å². The molecule has 0 fully saturated rings. The minimum absolute atomic E-state index is 0. The Balaban J connectivity index is -0.0000000342. The molecule has 0 bridgehead atoms. The first-order valence-corrected chi connectivity index (χ1v) is 22.3. The van der Waals surface area contributed by atoms with Crippen LogP contribution in [-0.4, -0.2) is 112 Å². The number of aliphatic hydroxyl groups is 2. The van der Waals surface area contributed by atoms with E-state index in [0.717, 1.165) is 7.11 Å². The van der Waals surface area contributed by atoms with Crippen LogP contribution in [0.5, 0.6) is 0 Å². The molecule has 0 spiro atoms. The zero-order chi connectivity index (χ0) is 51.7. The molecule has 62 heavy (non-hydrogen) atoms. The minimum Gasteiger partial charge on any atom is -0.450 e. The molecule has 0 heterocycles. The monoisotopic (exact) mass is 925 g/mol. The minimum atomic E-state index is -0.285. The summed E-state index contributed by atoms with van der Waals surface area (Å²) in [6.45, 7) is 39.9. The van der Waals surface area contributed by atoms with Gasteiger partial charge in [-0.3, -0.25) is 4.79 Å². The van der Waals surface area contributed by atoms with Crippen LogP contribution >= 0.6 is 0 Å². The predicted molar refractivity (Wildman–Crippen MR) is 277 cm³/mol. The summed E-state index contributed by atoms with van der Waals surface area (Å²) in [5.41, 5.74) is 0. The maximum atomic E-state index is 10.4. The van der Waals surface area contributed by atoms with Crippen molar-refractivity contribution >= 4 is 18.1 Å². The Morgan fingerprint density at radius 1 is 0.371 bits per heavy atom. The van der Waals surface area contributed by atoms with Gasteiger partial charge in [-0.15, -0.1) is 0 Å². The Labute approximate surface area is 400 Å². The van der Waals surface area contributed by atoms with E-state index in [1.807, 2.05) is 220 Å². The van der Waals surface area contributed by atoms with Crippen molar-refractivity contribution in [1.29, 1.82) is 0 Å². The van der Waals surface area contributed by atoms with Gasteiger partial charge in [0.05, 0.1) is 13.2 Å². The number of ether oxygens (including phenoxy) is 2. The van der Waals surface area contributed by atoms with Crippen molar-refractivity contribution in [1.82, 2.24) is 14.7 Å². The van der Waals surface area contributed by atoms with E-state index in [4.69, 9.17) is 10.2 Å². The Hall–Kier alpha value is -3.83. The molecular formula is C51H107N3O7V. The number of rotatable bonds is 2. The van der Waals surface area contributed by atoms with Crippen molar-refractivity contribution in [3.63, 3.8) is 0 Å². The van der Waals surface area contributed by atoms with E-state index in [0.29, 0.717) is 13.2 Å². The molecule has 3 aromatic rings. The number of hydrogen-bond donors (Lipinski definition) is 2. The number of carbonyl (C=O) groups excluding carboxylic acids is 3. The summed E-state index contributed by atoms with van der Waals surface area (Å²) in [4.78, 5) is 35.3. The standard InChI is InChI=1S/3C6H6.2C5H11NO2.C4H9NO.C2H6O.8C2H6.CH4O.V/c3*1-2-4-6-5-3-1;2*1-4-8-5(7)6(2)3;1-4(6)5(2)3;1-2-3;9*1-2;/h3*1-6H;2*4H2,1-3H3;1-3H3;3H,2H2,1H3;8*1-2H3;2H,1H3;. The molecule has 373 valence electrons. The Kier molecular flexibility index (Phi) is 205. The molecule has 11 heteroatoms. The van der Waals surface area contributed by atoms with Crippen molar-refractivity contribution < 1.29 is 52.6 Å².